The van der Waals surface area contributed by atoms with Crippen LogP contribution in [0.1, 0.15) is 77.3 Å². The molecule has 10 nitrogen and oxygen atoms in total. The number of carbonyl (C=O) groups is 1. The first-order valence-corrected chi connectivity index (χ1v) is 16.4. The zero-order valence-electron chi connectivity index (χ0n) is 28.2. The first kappa shape index (κ1) is 33.4. The van der Waals surface area contributed by atoms with E-state index in [-0.39, 0.29) is 23.4 Å². The maximum atomic E-state index is 14.2. The van der Waals surface area contributed by atoms with Gasteiger partial charge in [0.15, 0.2) is 0 Å². The molecule has 2 amide bonds. The van der Waals surface area contributed by atoms with E-state index in [2.05, 4.69) is 91.2 Å². The number of hydrogen-bond donors (Lipinski definition) is 2. The standard InChI is InChI=1S/C37H45N7O3/c1-24(2)13-16-44(33-21-28-11-8-14-39-35(28)42-36(33)45)37(46)41-34-31(25(3)4)19-29(20-32(34)26(5)6)27-10-7-12-30(18-27)47-17-9-15-43-23-38-22-40-43/h7-8,10-12,14,18-26H,9,13,15-17H2,1-6H3,(H,41,46)(H,39,42,45). The summed E-state index contributed by atoms with van der Waals surface area (Å²) in [6.45, 7) is 14.4. The third kappa shape index (κ3) is 8.24. The molecule has 0 aliphatic carbocycles. The molecular weight excluding hydrogens is 590 g/mol. The molecule has 0 saturated carbocycles. The summed E-state index contributed by atoms with van der Waals surface area (Å²) in [6.07, 6.45) is 6.43. The number of aromatic nitrogens is 5. The van der Waals surface area contributed by atoms with Crippen LogP contribution >= 0.6 is 0 Å². The molecule has 3 heterocycles. The maximum absolute atomic E-state index is 14.2. The topological polar surface area (TPSA) is 118 Å². The third-order valence-electron chi connectivity index (χ3n) is 8.17. The number of ether oxygens (including phenoxy) is 1. The molecule has 2 aromatic carbocycles. The normalized spacial score (nSPS) is 11.5. The van der Waals surface area contributed by atoms with Gasteiger partial charge in [0.05, 0.1) is 6.61 Å². The summed E-state index contributed by atoms with van der Waals surface area (Å²) in [6, 6.07) is 17.5. The largest absolute Gasteiger partial charge is 0.494 e. The Labute approximate surface area is 276 Å². The second-order valence-electron chi connectivity index (χ2n) is 12.9. The average Bonchev–Trinajstić information content (AvgIpc) is 3.57. The van der Waals surface area contributed by atoms with E-state index in [0.717, 1.165) is 58.5 Å². The van der Waals surface area contributed by atoms with E-state index in [4.69, 9.17) is 4.74 Å². The van der Waals surface area contributed by atoms with Gasteiger partial charge in [-0.2, -0.15) is 5.10 Å². The average molecular weight is 636 g/mol. The molecule has 0 radical (unpaired) electrons. The maximum Gasteiger partial charge on any atom is 0.326 e. The van der Waals surface area contributed by atoms with Gasteiger partial charge in [0.1, 0.15) is 29.7 Å². The molecule has 5 aromatic rings. The van der Waals surface area contributed by atoms with Gasteiger partial charge in [-0.25, -0.2) is 14.8 Å². The van der Waals surface area contributed by atoms with Gasteiger partial charge in [0, 0.05) is 36.8 Å². The number of rotatable bonds is 13. The van der Waals surface area contributed by atoms with Crippen LogP contribution in [0.2, 0.25) is 0 Å². The highest BCUT2D eigenvalue weighted by atomic mass is 16.5. The minimum atomic E-state index is -0.348. The van der Waals surface area contributed by atoms with Crippen LogP contribution in [0.25, 0.3) is 22.2 Å². The Balaban J connectivity index is 1.45. The summed E-state index contributed by atoms with van der Waals surface area (Å²) in [7, 11) is 0. The lowest BCUT2D eigenvalue weighted by molar-refractivity contribution is 0.256. The molecule has 0 unspecified atom stereocenters. The molecule has 0 bridgehead atoms. The summed E-state index contributed by atoms with van der Waals surface area (Å²) in [4.78, 5) is 40.1. The molecule has 5 rings (SSSR count). The predicted octanol–water partition coefficient (Wildman–Crippen LogP) is 7.98. The van der Waals surface area contributed by atoms with Crippen LogP contribution in [0.3, 0.4) is 0 Å². The molecule has 0 aliphatic rings. The molecule has 10 heteroatoms. The highest BCUT2D eigenvalue weighted by Gasteiger charge is 2.24. The Kier molecular flexibility index (Phi) is 10.7. The number of urea groups is 1. The molecule has 246 valence electrons. The van der Waals surface area contributed by atoms with E-state index >= 15 is 0 Å². The fourth-order valence-corrected chi connectivity index (χ4v) is 5.56. The highest BCUT2D eigenvalue weighted by molar-refractivity contribution is 6.03. The monoisotopic (exact) mass is 635 g/mol. The van der Waals surface area contributed by atoms with Crippen LogP contribution in [-0.4, -0.2) is 43.9 Å². The molecule has 0 aliphatic heterocycles. The highest BCUT2D eigenvalue weighted by Crippen LogP contribution is 2.38. The smallest absolute Gasteiger partial charge is 0.326 e. The van der Waals surface area contributed by atoms with E-state index in [1.807, 2.05) is 24.3 Å². The number of nitrogens with one attached hydrogen (secondary N) is 2. The van der Waals surface area contributed by atoms with Gasteiger partial charge < -0.3 is 15.0 Å². The number of fused-ring (bicyclic) bond motifs is 1. The van der Waals surface area contributed by atoms with Crippen LogP contribution in [0.5, 0.6) is 5.75 Å². The van der Waals surface area contributed by atoms with Gasteiger partial charge in [-0.05, 0) is 88.9 Å². The van der Waals surface area contributed by atoms with Gasteiger partial charge >= 0.3 is 6.03 Å². The van der Waals surface area contributed by atoms with Crippen LogP contribution in [0.15, 0.2) is 78.2 Å². The van der Waals surface area contributed by atoms with Crippen LogP contribution in [0, 0.1) is 5.92 Å². The number of anilines is 2. The summed E-state index contributed by atoms with van der Waals surface area (Å²) < 4.78 is 7.88. The Bertz CT molecular complexity index is 1830. The fraction of sp³-hybridized carbons (Fsp3) is 0.378. The number of H-pyrrole nitrogens is 1. The van der Waals surface area contributed by atoms with Crippen molar-refractivity contribution in [2.24, 2.45) is 5.92 Å². The Morgan fingerprint density at radius 3 is 2.43 bits per heavy atom. The summed E-state index contributed by atoms with van der Waals surface area (Å²) in [5.41, 5.74) is 5.38. The van der Waals surface area contributed by atoms with Gasteiger partial charge in [-0.3, -0.25) is 14.4 Å². The number of hydrogen-bond acceptors (Lipinski definition) is 6. The Morgan fingerprint density at radius 2 is 1.74 bits per heavy atom. The Morgan fingerprint density at radius 1 is 0.979 bits per heavy atom. The van der Waals surface area contributed by atoms with Crippen LogP contribution < -0.4 is 20.5 Å². The van der Waals surface area contributed by atoms with Crippen molar-refractivity contribution in [1.82, 2.24) is 24.7 Å². The molecule has 0 spiro atoms. The number of amides is 2. The molecule has 0 fully saturated rings. The number of aryl methyl sites for hydroxylation is 1. The van der Waals surface area contributed by atoms with Crippen molar-refractivity contribution in [3.8, 4) is 16.9 Å². The van der Waals surface area contributed by atoms with Crippen LogP contribution in [-0.2, 0) is 6.54 Å². The first-order valence-electron chi connectivity index (χ1n) is 16.4. The molecule has 47 heavy (non-hydrogen) atoms. The quantitative estimate of drug-likeness (QED) is 0.127. The Hall–Kier alpha value is -4.99. The van der Waals surface area contributed by atoms with Gasteiger partial charge in [0.2, 0.25) is 0 Å². The molecule has 0 atom stereocenters. The third-order valence-corrected chi connectivity index (χ3v) is 8.17. The van der Waals surface area contributed by atoms with E-state index in [0.29, 0.717) is 30.4 Å². The zero-order valence-corrected chi connectivity index (χ0v) is 28.2. The van der Waals surface area contributed by atoms with E-state index in [1.165, 1.54) is 6.33 Å². The lowest BCUT2D eigenvalue weighted by atomic mass is 9.88. The van der Waals surface area contributed by atoms with Gasteiger partial charge in [-0.1, -0.05) is 53.7 Å². The van der Waals surface area contributed by atoms with Crippen molar-refractivity contribution in [2.75, 3.05) is 23.4 Å². The fourth-order valence-electron chi connectivity index (χ4n) is 5.56. The van der Waals surface area contributed by atoms with E-state index in [1.54, 1.807) is 28.2 Å². The number of aromatic amines is 1. The number of carbonyl (C=O) groups excluding carboxylic acids is 1. The predicted molar refractivity (Wildman–Crippen MR) is 188 cm³/mol. The van der Waals surface area contributed by atoms with E-state index < -0.39 is 0 Å². The summed E-state index contributed by atoms with van der Waals surface area (Å²) >= 11 is 0. The van der Waals surface area contributed by atoms with Crippen molar-refractivity contribution < 1.29 is 9.53 Å². The number of benzene rings is 2. The van der Waals surface area contributed by atoms with Gasteiger partial charge in [0.25, 0.3) is 5.56 Å². The van der Waals surface area contributed by atoms with Gasteiger partial charge in [-0.15, -0.1) is 0 Å². The van der Waals surface area contributed by atoms with Crippen molar-refractivity contribution in [3.63, 3.8) is 0 Å². The molecule has 3 aromatic heterocycles. The molecule has 0 saturated heterocycles. The number of pyridine rings is 2. The summed E-state index contributed by atoms with van der Waals surface area (Å²) in [5, 5.41) is 8.17. The lowest BCUT2D eigenvalue weighted by Gasteiger charge is -2.27. The van der Waals surface area contributed by atoms with Crippen molar-refractivity contribution in [2.45, 2.75) is 72.8 Å². The molecule has 2 N–H and O–H groups in total. The minimum absolute atomic E-state index is 0.123. The van der Waals surface area contributed by atoms with Crippen molar-refractivity contribution in [1.29, 1.82) is 0 Å². The van der Waals surface area contributed by atoms with Crippen LogP contribution in [0.4, 0.5) is 16.2 Å². The second-order valence-corrected chi connectivity index (χ2v) is 12.9. The van der Waals surface area contributed by atoms with Crippen molar-refractivity contribution >= 4 is 28.4 Å². The molecular formula is C37H45N7O3. The number of nitrogens with zero attached hydrogens (tertiary/aromatic N) is 5. The van der Waals surface area contributed by atoms with E-state index in [9.17, 15) is 9.59 Å². The SMILES string of the molecule is CC(C)CCN(C(=O)Nc1c(C(C)C)cc(-c2cccc(OCCCn3cncn3)c2)cc1C(C)C)c1cc2cccnc2[nH]c1=O. The minimum Gasteiger partial charge on any atom is -0.494 e. The summed E-state index contributed by atoms with van der Waals surface area (Å²) in [5.74, 6) is 1.39. The zero-order chi connectivity index (χ0) is 33.5. The van der Waals surface area contributed by atoms with Crippen molar-refractivity contribution in [3.05, 3.63) is 94.9 Å². The lowest BCUT2D eigenvalue weighted by Crippen LogP contribution is -2.40. The second kappa shape index (κ2) is 15.1. The first-order chi connectivity index (χ1) is 22.6.